The van der Waals surface area contributed by atoms with Crippen LogP contribution in [0.2, 0.25) is 4.34 Å². The number of piperidine rings is 1. The number of hydrogen-bond donors (Lipinski definition) is 0. The molecule has 3 heterocycles. The predicted octanol–water partition coefficient (Wildman–Crippen LogP) is 2.69. The number of rotatable bonds is 4. The Morgan fingerprint density at radius 3 is 2.00 bits per heavy atom. The van der Waals surface area contributed by atoms with E-state index in [1.807, 2.05) is 15.9 Å². The van der Waals surface area contributed by atoms with Crippen molar-refractivity contribution in [3.05, 3.63) is 21.3 Å². The van der Waals surface area contributed by atoms with Gasteiger partial charge in [-0.3, -0.25) is 14.5 Å². The number of amides is 2. The lowest BCUT2D eigenvalue weighted by Crippen LogP contribution is -2.51. The Morgan fingerprint density at radius 1 is 0.885 bits per heavy atom. The summed E-state index contributed by atoms with van der Waals surface area (Å²) in [6.07, 6.45) is 3.76. The monoisotopic (exact) mass is 395 g/mol. The van der Waals surface area contributed by atoms with Crippen molar-refractivity contribution in [3.8, 4) is 0 Å². The number of likely N-dealkylation sites (tertiary alicyclic amines) is 1. The highest BCUT2D eigenvalue weighted by Crippen LogP contribution is 2.32. The lowest BCUT2D eigenvalue weighted by atomic mass is 9.94. The van der Waals surface area contributed by atoms with Crippen LogP contribution in [0.25, 0.3) is 0 Å². The third-order valence-corrected chi connectivity index (χ3v) is 6.99. The van der Waals surface area contributed by atoms with Crippen LogP contribution in [0, 0.1) is 11.8 Å². The van der Waals surface area contributed by atoms with Gasteiger partial charge in [-0.1, -0.05) is 11.6 Å². The summed E-state index contributed by atoms with van der Waals surface area (Å²) in [6, 6.07) is 4.03. The summed E-state index contributed by atoms with van der Waals surface area (Å²) in [5, 5.41) is 0. The summed E-state index contributed by atoms with van der Waals surface area (Å²) >= 11 is 7.63. The molecule has 26 heavy (non-hydrogen) atoms. The molecule has 0 aromatic carbocycles. The SMILES string of the molecule is O=C(C1CC1)N1CCC(C(=O)N2CCN(Cc3ccc(Cl)s3)CC2)CC1. The van der Waals surface area contributed by atoms with Crippen LogP contribution in [0.3, 0.4) is 0 Å². The van der Waals surface area contributed by atoms with E-state index in [1.165, 1.54) is 4.88 Å². The highest BCUT2D eigenvalue weighted by atomic mass is 35.5. The fourth-order valence-electron chi connectivity index (χ4n) is 3.98. The van der Waals surface area contributed by atoms with Crippen LogP contribution in [0.5, 0.6) is 0 Å². The average molecular weight is 396 g/mol. The summed E-state index contributed by atoms with van der Waals surface area (Å²) < 4.78 is 0.834. The maximum absolute atomic E-state index is 12.8. The molecule has 4 rings (SSSR count). The van der Waals surface area contributed by atoms with Gasteiger partial charge in [0.2, 0.25) is 11.8 Å². The smallest absolute Gasteiger partial charge is 0.225 e. The van der Waals surface area contributed by atoms with Crippen LogP contribution in [0.1, 0.15) is 30.6 Å². The van der Waals surface area contributed by atoms with Gasteiger partial charge in [0, 0.05) is 62.5 Å². The molecular formula is C19H26ClN3O2S. The molecule has 3 aliphatic rings. The van der Waals surface area contributed by atoms with Crippen LogP contribution in [-0.4, -0.2) is 65.8 Å². The number of halogens is 1. The summed E-state index contributed by atoms with van der Waals surface area (Å²) in [5.41, 5.74) is 0. The van der Waals surface area contributed by atoms with E-state index in [-0.39, 0.29) is 11.8 Å². The third kappa shape index (κ3) is 4.24. The molecule has 0 unspecified atom stereocenters. The van der Waals surface area contributed by atoms with E-state index in [4.69, 9.17) is 11.6 Å². The average Bonchev–Trinajstić information content (AvgIpc) is 3.44. The van der Waals surface area contributed by atoms with Crippen LogP contribution < -0.4 is 0 Å². The van der Waals surface area contributed by atoms with Gasteiger partial charge < -0.3 is 9.80 Å². The molecule has 0 spiro atoms. The Kier molecular flexibility index (Phi) is 5.53. The molecule has 1 aromatic heterocycles. The maximum Gasteiger partial charge on any atom is 0.225 e. The van der Waals surface area contributed by atoms with Gasteiger partial charge in [0.25, 0.3) is 0 Å². The van der Waals surface area contributed by atoms with E-state index in [9.17, 15) is 9.59 Å². The molecule has 0 radical (unpaired) electrons. The molecule has 2 saturated heterocycles. The molecular weight excluding hydrogens is 370 g/mol. The summed E-state index contributed by atoms with van der Waals surface area (Å²) in [7, 11) is 0. The molecule has 0 N–H and O–H groups in total. The first-order chi connectivity index (χ1) is 12.6. The quantitative estimate of drug-likeness (QED) is 0.787. The number of carbonyl (C=O) groups excluding carboxylic acids is 2. The first kappa shape index (κ1) is 18.3. The van der Waals surface area contributed by atoms with E-state index >= 15 is 0 Å². The van der Waals surface area contributed by atoms with E-state index in [1.54, 1.807) is 11.3 Å². The molecule has 3 fully saturated rings. The molecule has 1 aromatic rings. The van der Waals surface area contributed by atoms with Gasteiger partial charge in [-0.15, -0.1) is 11.3 Å². The van der Waals surface area contributed by atoms with Crippen molar-refractivity contribution in [2.75, 3.05) is 39.3 Å². The Labute approximate surface area is 163 Å². The molecule has 2 aliphatic heterocycles. The second kappa shape index (κ2) is 7.87. The van der Waals surface area contributed by atoms with E-state index in [0.29, 0.717) is 11.8 Å². The lowest BCUT2D eigenvalue weighted by Gasteiger charge is -2.38. The van der Waals surface area contributed by atoms with Crippen molar-refractivity contribution in [2.45, 2.75) is 32.2 Å². The Hall–Kier alpha value is -1.11. The van der Waals surface area contributed by atoms with Crippen molar-refractivity contribution in [2.24, 2.45) is 11.8 Å². The molecule has 142 valence electrons. The number of carbonyl (C=O) groups is 2. The molecule has 5 nitrogen and oxygen atoms in total. The summed E-state index contributed by atoms with van der Waals surface area (Å²) in [5.74, 6) is 0.995. The standard InChI is InChI=1S/C19H26ClN3O2S/c20-17-4-3-16(26-17)13-21-9-11-23(12-10-21)19(25)15-5-7-22(8-6-15)18(24)14-1-2-14/h3-4,14-15H,1-2,5-13H2. The molecule has 0 atom stereocenters. The Morgan fingerprint density at radius 2 is 1.46 bits per heavy atom. The van der Waals surface area contributed by atoms with Crippen LogP contribution in [0.15, 0.2) is 12.1 Å². The highest BCUT2D eigenvalue weighted by molar-refractivity contribution is 7.16. The predicted molar refractivity (Wildman–Crippen MR) is 103 cm³/mol. The van der Waals surface area contributed by atoms with Crippen LogP contribution in [-0.2, 0) is 16.1 Å². The van der Waals surface area contributed by atoms with Gasteiger partial charge in [-0.25, -0.2) is 0 Å². The zero-order valence-electron chi connectivity index (χ0n) is 15.0. The zero-order chi connectivity index (χ0) is 18.1. The first-order valence-electron chi connectivity index (χ1n) is 9.64. The number of thiophene rings is 1. The molecule has 7 heteroatoms. The number of nitrogens with zero attached hydrogens (tertiary/aromatic N) is 3. The molecule has 1 aliphatic carbocycles. The summed E-state index contributed by atoms with van der Waals surface area (Å²) in [6.45, 7) is 5.87. The van der Waals surface area contributed by atoms with Gasteiger partial charge in [-0.05, 0) is 37.8 Å². The Bertz CT molecular complexity index is 659. The number of piperazine rings is 1. The minimum atomic E-state index is 0.0981. The minimum Gasteiger partial charge on any atom is -0.342 e. The van der Waals surface area contributed by atoms with Crippen molar-refractivity contribution < 1.29 is 9.59 Å². The minimum absolute atomic E-state index is 0.0981. The Balaban J connectivity index is 1.22. The first-order valence-corrected chi connectivity index (χ1v) is 10.8. The van der Waals surface area contributed by atoms with Crippen LogP contribution in [0.4, 0.5) is 0 Å². The fourth-order valence-corrected chi connectivity index (χ4v) is 5.11. The number of hydrogen-bond acceptors (Lipinski definition) is 4. The third-order valence-electron chi connectivity index (χ3n) is 5.77. The van der Waals surface area contributed by atoms with Gasteiger partial charge in [-0.2, -0.15) is 0 Å². The summed E-state index contributed by atoms with van der Waals surface area (Å²) in [4.78, 5) is 32.7. The maximum atomic E-state index is 12.8. The van der Waals surface area contributed by atoms with E-state index in [0.717, 1.165) is 75.8 Å². The van der Waals surface area contributed by atoms with Gasteiger partial charge in [0.1, 0.15) is 0 Å². The van der Waals surface area contributed by atoms with Crippen molar-refractivity contribution in [1.82, 2.24) is 14.7 Å². The largest absolute Gasteiger partial charge is 0.342 e. The van der Waals surface area contributed by atoms with Gasteiger partial charge in [0.15, 0.2) is 0 Å². The molecule has 2 amide bonds. The van der Waals surface area contributed by atoms with Gasteiger partial charge >= 0.3 is 0 Å². The molecule has 0 bridgehead atoms. The van der Waals surface area contributed by atoms with E-state index in [2.05, 4.69) is 11.0 Å². The second-order valence-electron chi connectivity index (χ2n) is 7.68. The normalized spacial score (nSPS) is 22.7. The van der Waals surface area contributed by atoms with E-state index < -0.39 is 0 Å². The highest BCUT2D eigenvalue weighted by Gasteiger charge is 2.37. The van der Waals surface area contributed by atoms with Gasteiger partial charge in [0.05, 0.1) is 4.34 Å². The molecule has 1 saturated carbocycles. The lowest BCUT2D eigenvalue weighted by molar-refractivity contribution is -0.142. The fraction of sp³-hybridized carbons (Fsp3) is 0.684. The second-order valence-corrected chi connectivity index (χ2v) is 9.48. The van der Waals surface area contributed by atoms with Crippen LogP contribution >= 0.6 is 22.9 Å². The van der Waals surface area contributed by atoms with Crippen molar-refractivity contribution in [1.29, 1.82) is 0 Å². The topological polar surface area (TPSA) is 43.9 Å². The van der Waals surface area contributed by atoms with Crippen molar-refractivity contribution in [3.63, 3.8) is 0 Å². The zero-order valence-corrected chi connectivity index (χ0v) is 16.6. The van der Waals surface area contributed by atoms with Crippen molar-refractivity contribution >= 4 is 34.8 Å².